The number of halogens is 1. The summed E-state index contributed by atoms with van der Waals surface area (Å²) < 4.78 is 19.0. The number of carbonyl (C=O) groups is 1. The lowest BCUT2D eigenvalue weighted by Crippen LogP contribution is -2.13. The van der Waals surface area contributed by atoms with Crippen LogP contribution in [0.25, 0.3) is 6.08 Å². The van der Waals surface area contributed by atoms with Crippen molar-refractivity contribution >= 4 is 12.0 Å². The Morgan fingerprint density at radius 3 is 2.81 bits per heavy atom. The molecule has 4 heteroatoms. The van der Waals surface area contributed by atoms with Crippen molar-refractivity contribution in [3.05, 3.63) is 41.2 Å². The molecule has 0 amide bonds. The lowest BCUT2D eigenvalue weighted by molar-refractivity contribution is -0.131. The van der Waals surface area contributed by atoms with Crippen LogP contribution in [0.2, 0.25) is 0 Å². The van der Waals surface area contributed by atoms with Gasteiger partial charge in [0.05, 0.1) is 6.61 Å². The maximum Gasteiger partial charge on any atom is 0.328 e. The van der Waals surface area contributed by atoms with E-state index in [-0.39, 0.29) is 5.82 Å². The fourth-order valence-corrected chi connectivity index (χ4v) is 2.70. The maximum absolute atomic E-state index is 13.3. The van der Waals surface area contributed by atoms with Crippen molar-refractivity contribution in [2.45, 2.75) is 38.7 Å². The van der Waals surface area contributed by atoms with Crippen LogP contribution < -0.4 is 0 Å². The predicted molar refractivity (Wildman–Crippen MR) is 79.3 cm³/mol. The lowest BCUT2D eigenvalue weighted by atomic mass is 9.90. The maximum atomic E-state index is 13.3. The van der Waals surface area contributed by atoms with E-state index in [2.05, 4.69) is 0 Å². The summed E-state index contributed by atoms with van der Waals surface area (Å²) in [5.41, 5.74) is 1.37. The van der Waals surface area contributed by atoms with Gasteiger partial charge in [0.15, 0.2) is 0 Å². The molecule has 0 heterocycles. The molecule has 0 aliphatic heterocycles. The highest BCUT2D eigenvalue weighted by Gasteiger charge is 2.13. The number of hydrogen-bond acceptors (Lipinski definition) is 2. The van der Waals surface area contributed by atoms with Crippen molar-refractivity contribution in [1.29, 1.82) is 0 Å². The van der Waals surface area contributed by atoms with Gasteiger partial charge >= 0.3 is 5.97 Å². The van der Waals surface area contributed by atoms with Gasteiger partial charge in [0.1, 0.15) is 5.82 Å². The summed E-state index contributed by atoms with van der Waals surface area (Å²) in [4.78, 5) is 10.6. The molecular formula is C17H21FO3. The average molecular weight is 292 g/mol. The van der Waals surface area contributed by atoms with E-state index in [4.69, 9.17) is 9.84 Å². The molecule has 0 saturated heterocycles. The Morgan fingerprint density at radius 2 is 2.10 bits per heavy atom. The molecular weight excluding hydrogens is 271 g/mol. The Kier molecular flexibility index (Phi) is 5.93. The molecule has 3 nitrogen and oxygen atoms in total. The normalized spacial score (nSPS) is 16.4. The van der Waals surface area contributed by atoms with Crippen molar-refractivity contribution in [1.82, 2.24) is 0 Å². The van der Waals surface area contributed by atoms with Crippen molar-refractivity contribution in [2.75, 3.05) is 6.61 Å². The quantitative estimate of drug-likeness (QED) is 0.805. The minimum Gasteiger partial charge on any atom is -0.478 e. The number of carboxylic acid groups (broad SMARTS) is 1. The molecule has 2 rings (SSSR count). The zero-order valence-electron chi connectivity index (χ0n) is 12.1. The molecule has 0 spiro atoms. The van der Waals surface area contributed by atoms with Crippen molar-refractivity contribution in [3.8, 4) is 0 Å². The molecule has 0 bridgehead atoms. The SMILES string of the molecule is O=C(O)C=Cc1cc(F)ccc1COCC1CCCCC1. The largest absolute Gasteiger partial charge is 0.478 e. The lowest BCUT2D eigenvalue weighted by Gasteiger charge is -2.21. The third-order valence-electron chi connectivity index (χ3n) is 3.85. The minimum absolute atomic E-state index is 0.379. The molecule has 1 saturated carbocycles. The van der Waals surface area contributed by atoms with E-state index in [0.29, 0.717) is 18.1 Å². The van der Waals surface area contributed by atoms with Crippen molar-refractivity contribution < 1.29 is 19.0 Å². The van der Waals surface area contributed by atoms with Crippen LogP contribution in [0.3, 0.4) is 0 Å². The van der Waals surface area contributed by atoms with Gasteiger partial charge in [-0.2, -0.15) is 0 Å². The highest BCUT2D eigenvalue weighted by atomic mass is 19.1. The number of rotatable bonds is 6. The molecule has 0 radical (unpaired) electrons. The number of benzene rings is 1. The second kappa shape index (κ2) is 7.93. The zero-order chi connectivity index (χ0) is 15.1. The third-order valence-corrected chi connectivity index (χ3v) is 3.85. The average Bonchev–Trinajstić information content (AvgIpc) is 2.48. The van der Waals surface area contributed by atoms with Gasteiger partial charge in [-0.15, -0.1) is 0 Å². The van der Waals surface area contributed by atoms with Gasteiger partial charge < -0.3 is 9.84 Å². The molecule has 0 atom stereocenters. The van der Waals surface area contributed by atoms with E-state index in [0.717, 1.165) is 18.2 Å². The molecule has 114 valence electrons. The molecule has 1 aromatic rings. The number of ether oxygens (including phenoxy) is 1. The summed E-state index contributed by atoms with van der Waals surface area (Å²) in [6, 6.07) is 4.36. The van der Waals surface area contributed by atoms with Gasteiger partial charge in [0.25, 0.3) is 0 Å². The topological polar surface area (TPSA) is 46.5 Å². The molecule has 1 aromatic carbocycles. The number of carboxylic acids is 1. The van der Waals surface area contributed by atoms with Crippen molar-refractivity contribution in [2.24, 2.45) is 5.92 Å². The van der Waals surface area contributed by atoms with Crippen molar-refractivity contribution in [3.63, 3.8) is 0 Å². The Labute approximate surface area is 124 Å². The fourth-order valence-electron chi connectivity index (χ4n) is 2.70. The summed E-state index contributed by atoms with van der Waals surface area (Å²) in [5.74, 6) is -0.804. The summed E-state index contributed by atoms with van der Waals surface area (Å²) >= 11 is 0. The zero-order valence-corrected chi connectivity index (χ0v) is 12.1. The summed E-state index contributed by atoms with van der Waals surface area (Å²) in [5, 5.41) is 8.67. The first-order chi connectivity index (χ1) is 10.1. The van der Waals surface area contributed by atoms with E-state index in [1.165, 1.54) is 50.3 Å². The summed E-state index contributed by atoms with van der Waals surface area (Å²) in [6.07, 6.45) is 8.72. The Hall–Kier alpha value is -1.68. The molecule has 1 N–H and O–H groups in total. The number of hydrogen-bond donors (Lipinski definition) is 1. The van der Waals surface area contributed by atoms with Gasteiger partial charge in [-0.25, -0.2) is 9.18 Å². The van der Waals surface area contributed by atoms with Gasteiger partial charge in [-0.1, -0.05) is 25.3 Å². The van der Waals surface area contributed by atoms with E-state index >= 15 is 0 Å². The highest BCUT2D eigenvalue weighted by molar-refractivity contribution is 5.85. The molecule has 1 fully saturated rings. The fraction of sp³-hybridized carbons (Fsp3) is 0.471. The number of aliphatic carboxylic acids is 1. The van der Waals surface area contributed by atoms with Gasteiger partial charge in [-0.05, 0) is 48.1 Å². The second-order valence-electron chi connectivity index (χ2n) is 5.53. The van der Waals surface area contributed by atoms with Gasteiger partial charge in [0.2, 0.25) is 0 Å². The standard InChI is InChI=1S/C17H21FO3/c18-16-8-6-15(14(10-16)7-9-17(19)20)12-21-11-13-4-2-1-3-5-13/h6-10,13H,1-5,11-12H2,(H,19,20). The Bertz CT molecular complexity index is 505. The summed E-state index contributed by atoms with van der Waals surface area (Å²) in [7, 11) is 0. The Balaban J connectivity index is 1.93. The molecule has 21 heavy (non-hydrogen) atoms. The highest BCUT2D eigenvalue weighted by Crippen LogP contribution is 2.24. The van der Waals surface area contributed by atoms with Crippen LogP contribution in [-0.4, -0.2) is 17.7 Å². The first-order valence-electron chi connectivity index (χ1n) is 7.42. The van der Waals surface area contributed by atoms with Gasteiger partial charge in [0, 0.05) is 12.7 Å². The van der Waals surface area contributed by atoms with Crippen LogP contribution in [0.4, 0.5) is 4.39 Å². The molecule has 0 unspecified atom stereocenters. The second-order valence-corrected chi connectivity index (χ2v) is 5.53. The summed E-state index contributed by atoms with van der Waals surface area (Å²) in [6.45, 7) is 1.11. The molecule has 1 aliphatic rings. The van der Waals surface area contributed by atoms with Crippen LogP contribution in [0.5, 0.6) is 0 Å². The van der Waals surface area contributed by atoms with E-state index in [1.54, 1.807) is 6.07 Å². The monoisotopic (exact) mass is 292 g/mol. The van der Waals surface area contributed by atoms with E-state index in [9.17, 15) is 9.18 Å². The predicted octanol–water partition coefficient (Wildman–Crippen LogP) is 4.02. The van der Waals surface area contributed by atoms with Crippen LogP contribution in [0, 0.1) is 11.7 Å². The minimum atomic E-state index is -1.05. The van der Waals surface area contributed by atoms with Gasteiger partial charge in [-0.3, -0.25) is 0 Å². The third kappa shape index (κ3) is 5.31. The van der Waals surface area contributed by atoms with Crippen LogP contribution >= 0.6 is 0 Å². The molecule has 0 aromatic heterocycles. The molecule has 1 aliphatic carbocycles. The smallest absolute Gasteiger partial charge is 0.328 e. The Morgan fingerprint density at radius 1 is 1.33 bits per heavy atom. The first kappa shape index (κ1) is 15.7. The van der Waals surface area contributed by atoms with Crippen LogP contribution in [0.1, 0.15) is 43.2 Å². The first-order valence-corrected chi connectivity index (χ1v) is 7.42. The van der Waals surface area contributed by atoms with E-state index in [1.807, 2.05) is 0 Å². The van der Waals surface area contributed by atoms with Crippen LogP contribution in [0.15, 0.2) is 24.3 Å². The van der Waals surface area contributed by atoms with E-state index < -0.39 is 5.97 Å². The van der Waals surface area contributed by atoms with Crippen LogP contribution in [-0.2, 0) is 16.1 Å².